The number of ether oxygens (including phenoxy) is 1. The number of hydrogen-bond donors (Lipinski definition) is 2. The topological polar surface area (TPSA) is 67.4 Å². The van der Waals surface area contributed by atoms with Crippen molar-refractivity contribution in [2.45, 2.75) is 26.7 Å². The lowest BCUT2D eigenvalue weighted by molar-refractivity contribution is 0.102. The van der Waals surface area contributed by atoms with E-state index >= 15 is 0 Å². The van der Waals surface area contributed by atoms with Crippen LogP contribution in [0.25, 0.3) is 0 Å². The second kappa shape index (κ2) is 7.64. The molecule has 2 aromatic carbocycles. The smallest absolute Gasteiger partial charge is 0.410 e. The van der Waals surface area contributed by atoms with Gasteiger partial charge in [0.25, 0.3) is 5.91 Å². The zero-order valence-electron chi connectivity index (χ0n) is 14.3. The molecular formula is C19H22N2O3. The number of carbonyl (C=O) groups is 2. The van der Waals surface area contributed by atoms with Gasteiger partial charge in [0, 0.05) is 18.3 Å². The highest BCUT2D eigenvalue weighted by atomic mass is 16.5. The molecule has 0 atom stereocenters. The Balaban J connectivity index is 2.35. The Morgan fingerprint density at radius 2 is 1.75 bits per heavy atom. The molecule has 24 heavy (non-hydrogen) atoms. The van der Waals surface area contributed by atoms with Gasteiger partial charge in [0.2, 0.25) is 0 Å². The van der Waals surface area contributed by atoms with Gasteiger partial charge in [0.15, 0.2) is 0 Å². The lowest BCUT2D eigenvalue weighted by atomic mass is 9.97. The van der Waals surface area contributed by atoms with E-state index in [4.69, 9.17) is 4.74 Å². The summed E-state index contributed by atoms with van der Waals surface area (Å²) < 4.78 is 5.22. The van der Waals surface area contributed by atoms with Crippen molar-refractivity contribution in [3.63, 3.8) is 0 Å². The van der Waals surface area contributed by atoms with Crippen LogP contribution in [0.4, 0.5) is 10.5 Å². The fourth-order valence-corrected chi connectivity index (χ4v) is 2.40. The zero-order chi connectivity index (χ0) is 17.7. The van der Waals surface area contributed by atoms with Gasteiger partial charge in [-0.1, -0.05) is 32.0 Å². The molecular weight excluding hydrogens is 304 g/mol. The molecule has 0 spiro atoms. The largest absolute Gasteiger partial charge is 0.412 e. The summed E-state index contributed by atoms with van der Waals surface area (Å²) in [5.74, 6) is 0.442. The first-order valence-electron chi connectivity index (χ1n) is 7.83. The van der Waals surface area contributed by atoms with E-state index in [1.807, 2.05) is 39.0 Å². The molecule has 0 aromatic heterocycles. The lowest BCUT2D eigenvalue weighted by Crippen LogP contribution is -2.22. The predicted octanol–water partition coefficient (Wildman–Crippen LogP) is 4.09. The van der Waals surface area contributed by atoms with Crippen molar-refractivity contribution >= 4 is 17.7 Å². The first kappa shape index (κ1) is 17.5. The maximum absolute atomic E-state index is 12.4. The minimum atomic E-state index is -0.523. The highest BCUT2D eigenvalue weighted by Crippen LogP contribution is 2.32. The normalized spacial score (nSPS) is 10.4. The fourth-order valence-electron chi connectivity index (χ4n) is 2.40. The molecule has 5 nitrogen and oxygen atoms in total. The third-order valence-corrected chi connectivity index (χ3v) is 3.65. The van der Waals surface area contributed by atoms with Gasteiger partial charge in [-0.2, -0.15) is 0 Å². The molecule has 126 valence electrons. The third-order valence-electron chi connectivity index (χ3n) is 3.65. The molecule has 2 amide bonds. The molecule has 2 N–H and O–H groups in total. The lowest BCUT2D eigenvalue weighted by Gasteiger charge is -2.18. The van der Waals surface area contributed by atoms with Gasteiger partial charge in [0.1, 0.15) is 5.75 Å². The van der Waals surface area contributed by atoms with Crippen LogP contribution >= 0.6 is 0 Å². The van der Waals surface area contributed by atoms with Gasteiger partial charge in [-0.15, -0.1) is 0 Å². The molecule has 0 aliphatic carbocycles. The Morgan fingerprint density at radius 1 is 1.08 bits per heavy atom. The van der Waals surface area contributed by atoms with Crippen LogP contribution in [-0.2, 0) is 0 Å². The summed E-state index contributed by atoms with van der Waals surface area (Å²) in [5, 5.41) is 5.39. The molecule has 0 saturated carbocycles. The van der Waals surface area contributed by atoms with Crippen molar-refractivity contribution in [2.75, 3.05) is 12.4 Å². The van der Waals surface area contributed by atoms with Crippen LogP contribution < -0.4 is 15.4 Å². The van der Waals surface area contributed by atoms with Crippen LogP contribution in [0.2, 0.25) is 0 Å². The average Bonchev–Trinajstić information content (AvgIpc) is 2.57. The summed E-state index contributed by atoms with van der Waals surface area (Å²) in [6.07, 6.45) is -0.523. The van der Waals surface area contributed by atoms with E-state index in [1.165, 1.54) is 7.05 Å². The second-order valence-electron chi connectivity index (χ2n) is 5.82. The summed E-state index contributed by atoms with van der Waals surface area (Å²) >= 11 is 0. The quantitative estimate of drug-likeness (QED) is 0.889. The van der Waals surface area contributed by atoms with E-state index in [0.29, 0.717) is 11.3 Å². The van der Waals surface area contributed by atoms with Gasteiger partial charge in [-0.05, 0) is 48.2 Å². The number of amides is 2. The van der Waals surface area contributed by atoms with Crippen LogP contribution in [0.15, 0.2) is 42.5 Å². The zero-order valence-corrected chi connectivity index (χ0v) is 14.3. The van der Waals surface area contributed by atoms with E-state index in [1.54, 1.807) is 24.3 Å². The summed E-state index contributed by atoms with van der Waals surface area (Å²) in [7, 11) is 1.51. The Morgan fingerprint density at radius 3 is 2.33 bits per heavy atom. The monoisotopic (exact) mass is 326 g/mol. The summed E-state index contributed by atoms with van der Waals surface area (Å²) in [5.41, 5.74) is 3.10. The number of carbonyl (C=O) groups excluding carboxylic acids is 2. The fraction of sp³-hybridized carbons (Fsp3) is 0.263. The van der Waals surface area contributed by atoms with E-state index in [2.05, 4.69) is 10.6 Å². The van der Waals surface area contributed by atoms with Crippen molar-refractivity contribution in [1.82, 2.24) is 5.32 Å². The SMILES string of the molecule is CNC(=O)Oc1cc(C)c(NC(=O)c2ccccc2)c(C(C)C)c1. The number of hydrogen-bond acceptors (Lipinski definition) is 3. The van der Waals surface area contributed by atoms with Gasteiger partial charge < -0.3 is 15.4 Å². The minimum absolute atomic E-state index is 0.156. The molecule has 2 rings (SSSR count). The molecule has 0 heterocycles. The number of anilines is 1. The van der Waals surface area contributed by atoms with Crippen LogP contribution in [0.3, 0.4) is 0 Å². The van der Waals surface area contributed by atoms with E-state index in [-0.39, 0.29) is 11.8 Å². The number of nitrogens with one attached hydrogen (secondary N) is 2. The third kappa shape index (κ3) is 4.13. The molecule has 0 unspecified atom stereocenters. The summed E-state index contributed by atoms with van der Waals surface area (Å²) in [4.78, 5) is 23.9. The number of aryl methyl sites for hydroxylation is 1. The van der Waals surface area contributed by atoms with Crippen LogP contribution in [0.5, 0.6) is 5.75 Å². The maximum Gasteiger partial charge on any atom is 0.412 e. The molecule has 0 radical (unpaired) electrons. The average molecular weight is 326 g/mol. The Hall–Kier alpha value is -2.82. The van der Waals surface area contributed by atoms with Gasteiger partial charge in [-0.3, -0.25) is 4.79 Å². The first-order chi connectivity index (χ1) is 11.4. The van der Waals surface area contributed by atoms with Crippen molar-refractivity contribution in [1.29, 1.82) is 0 Å². The van der Waals surface area contributed by atoms with Crippen LogP contribution in [-0.4, -0.2) is 19.0 Å². The Labute approximate surface area is 142 Å². The molecule has 5 heteroatoms. The number of rotatable bonds is 4. The van der Waals surface area contributed by atoms with Gasteiger partial charge in [-0.25, -0.2) is 4.79 Å². The van der Waals surface area contributed by atoms with Crippen molar-refractivity contribution in [2.24, 2.45) is 0 Å². The molecule has 0 saturated heterocycles. The Bertz CT molecular complexity index is 740. The van der Waals surface area contributed by atoms with E-state index in [9.17, 15) is 9.59 Å². The number of benzene rings is 2. The summed E-state index contributed by atoms with van der Waals surface area (Å²) in [6, 6.07) is 12.6. The molecule has 0 aliphatic heterocycles. The van der Waals surface area contributed by atoms with E-state index in [0.717, 1.165) is 16.8 Å². The van der Waals surface area contributed by atoms with Crippen LogP contribution in [0, 0.1) is 6.92 Å². The van der Waals surface area contributed by atoms with Gasteiger partial charge >= 0.3 is 6.09 Å². The molecule has 0 fully saturated rings. The minimum Gasteiger partial charge on any atom is -0.410 e. The molecule has 2 aromatic rings. The predicted molar refractivity (Wildman–Crippen MR) is 94.7 cm³/mol. The molecule has 0 bridgehead atoms. The summed E-state index contributed by atoms with van der Waals surface area (Å²) in [6.45, 7) is 5.93. The first-order valence-corrected chi connectivity index (χ1v) is 7.83. The van der Waals surface area contributed by atoms with Crippen molar-refractivity contribution in [3.05, 3.63) is 59.2 Å². The highest BCUT2D eigenvalue weighted by Gasteiger charge is 2.16. The van der Waals surface area contributed by atoms with Crippen molar-refractivity contribution in [3.8, 4) is 5.75 Å². The van der Waals surface area contributed by atoms with E-state index < -0.39 is 6.09 Å². The van der Waals surface area contributed by atoms with Gasteiger partial charge in [0.05, 0.1) is 0 Å². The molecule has 0 aliphatic rings. The Kier molecular flexibility index (Phi) is 5.58. The van der Waals surface area contributed by atoms with Crippen molar-refractivity contribution < 1.29 is 14.3 Å². The van der Waals surface area contributed by atoms with Crippen LogP contribution in [0.1, 0.15) is 41.3 Å². The maximum atomic E-state index is 12.4. The second-order valence-corrected chi connectivity index (χ2v) is 5.82. The highest BCUT2D eigenvalue weighted by molar-refractivity contribution is 6.05. The standard InChI is InChI=1S/C19H22N2O3/c1-12(2)16-11-15(24-19(23)20-4)10-13(3)17(16)21-18(22)14-8-6-5-7-9-14/h5-12H,1-4H3,(H,20,23)(H,21,22).